The number of hydrogen-bond donors (Lipinski definition) is 2. The smallest absolute Gasteiger partial charge is 0.146 e. The molecule has 0 amide bonds. The maximum Gasteiger partial charge on any atom is 0.146 e. The standard InChI is InChI=1S/C8H8FN5S/c9-6-3-11-2-1-5(6)8(13-10)7-4-12-15-14-7/h1-4,8,13H,10H2. The summed E-state index contributed by atoms with van der Waals surface area (Å²) < 4.78 is 21.3. The molecule has 0 aromatic carbocycles. The second kappa shape index (κ2) is 4.39. The molecular formula is C8H8FN5S. The zero-order valence-electron chi connectivity index (χ0n) is 7.59. The van der Waals surface area contributed by atoms with E-state index in [1.54, 1.807) is 12.3 Å². The van der Waals surface area contributed by atoms with E-state index < -0.39 is 11.9 Å². The van der Waals surface area contributed by atoms with Crippen LogP contribution in [0.25, 0.3) is 0 Å². The van der Waals surface area contributed by atoms with E-state index in [4.69, 9.17) is 5.84 Å². The fourth-order valence-corrected chi connectivity index (χ4v) is 1.70. The monoisotopic (exact) mass is 225 g/mol. The Hall–Kier alpha value is -1.44. The van der Waals surface area contributed by atoms with Crippen LogP contribution in [0.3, 0.4) is 0 Å². The van der Waals surface area contributed by atoms with Crippen LogP contribution in [0.5, 0.6) is 0 Å². The van der Waals surface area contributed by atoms with Crippen molar-refractivity contribution in [1.82, 2.24) is 19.2 Å². The first kappa shape index (κ1) is 10.1. The van der Waals surface area contributed by atoms with Crippen LogP contribution in [0.4, 0.5) is 4.39 Å². The molecule has 0 aliphatic rings. The van der Waals surface area contributed by atoms with Crippen LogP contribution in [0.15, 0.2) is 24.7 Å². The summed E-state index contributed by atoms with van der Waals surface area (Å²) in [6, 6.07) is 1.06. The van der Waals surface area contributed by atoms with Crippen LogP contribution in [-0.2, 0) is 0 Å². The molecule has 0 radical (unpaired) electrons. The van der Waals surface area contributed by atoms with Gasteiger partial charge in [-0.05, 0) is 6.07 Å². The molecular weight excluding hydrogens is 217 g/mol. The van der Waals surface area contributed by atoms with E-state index in [1.807, 2.05) is 0 Å². The highest BCUT2D eigenvalue weighted by atomic mass is 32.1. The van der Waals surface area contributed by atoms with E-state index in [0.717, 1.165) is 17.9 Å². The molecule has 1 unspecified atom stereocenters. The van der Waals surface area contributed by atoms with E-state index in [9.17, 15) is 4.39 Å². The van der Waals surface area contributed by atoms with Gasteiger partial charge in [-0.3, -0.25) is 10.8 Å². The molecule has 0 bridgehead atoms. The molecule has 0 aliphatic carbocycles. The van der Waals surface area contributed by atoms with Gasteiger partial charge < -0.3 is 0 Å². The number of halogens is 1. The minimum atomic E-state index is -0.494. The van der Waals surface area contributed by atoms with E-state index in [-0.39, 0.29) is 0 Å². The number of nitrogens with one attached hydrogen (secondary N) is 1. The third-order valence-corrected chi connectivity index (χ3v) is 2.45. The maximum absolute atomic E-state index is 13.4. The van der Waals surface area contributed by atoms with Crippen molar-refractivity contribution >= 4 is 11.7 Å². The third-order valence-electron chi connectivity index (χ3n) is 1.96. The van der Waals surface area contributed by atoms with Crippen molar-refractivity contribution < 1.29 is 4.39 Å². The average molecular weight is 225 g/mol. The van der Waals surface area contributed by atoms with Gasteiger partial charge in [0.05, 0.1) is 35.9 Å². The van der Waals surface area contributed by atoms with Crippen molar-refractivity contribution in [2.24, 2.45) is 5.84 Å². The van der Waals surface area contributed by atoms with Crippen molar-refractivity contribution in [3.05, 3.63) is 41.7 Å². The summed E-state index contributed by atoms with van der Waals surface area (Å²) in [5, 5.41) is 0. The quantitative estimate of drug-likeness (QED) is 0.591. The minimum absolute atomic E-state index is 0.403. The van der Waals surface area contributed by atoms with Crippen LogP contribution in [0, 0.1) is 5.82 Å². The molecule has 2 heterocycles. The first-order chi connectivity index (χ1) is 7.33. The molecule has 0 saturated carbocycles. The molecule has 5 nitrogen and oxygen atoms in total. The second-order valence-electron chi connectivity index (χ2n) is 2.83. The van der Waals surface area contributed by atoms with Crippen molar-refractivity contribution in [2.45, 2.75) is 6.04 Å². The Balaban J connectivity index is 2.40. The zero-order chi connectivity index (χ0) is 10.7. The number of hydrogen-bond acceptors (Lipinski definition) is 6. The van der Waals surface area contributed by atoms with Crippen LogP contribution >= 0.6 is 11.7 Å². The van der Waals surface area contributed by atoms with E-state index in [1.165, 1.54) is 6.20 Å². The summed E-state index contributed by atoms with van der Waals surface area (Å²) in [6.07, 6.45) is 4.19. The molecule has 78 valence electrons. The van der Waals surface area contributed by atoms with Gasteiger partial charge >= 0.3 is 0 Å². The van der Waals surface area contributed by atoms with E-state index >= 15 is 0 Å². The molecule has 0 spiro atoms. The number of pyridine rings is 1. The lowest BCUT2D eigenvalue weighted by atomic mass is 10.1. The Labute approximate surface area is 89.5 Å². The van der Waals surface area contributed by atoms with Gasteiger partial charge in [0.15, 0.2) is 0 Å². The largest absolute Gasteiger partial charge is 0.271 e. The summed E-state index contributed by atoms with van der Waals surface area (Å²) in [5.74, 6) is 4.94. The fourth-order valence-electron chi connectivity index (χ4n) is 1.25. The van der Waals surface area contributed by atoms with E-state index in [2.05, 4.69) is 19.2 Å². The highest BCUT2D eigenvalue weighted by molar-refractivity contribution is 6.99. The molecule has 2 aromatic rings. The van der Waals surface area contributed by atoms with Gasteiger partial charge in [0.1, 0.15) is 5.82 Å². The molecule has 2 rings (SSSR count). The molecule has 0 saturated heterocycles. The van der Waals surface area contributed by atoms with Crippen molar-refractivity contribution in [3.8, 4) is 0 Å². The number of aromatic nitrogens is 3. The highest BCUT2D eigenvalue weighted by Crippen LogP contribution is 2.21. The third kappa shape index (κ3) is 1.99. The Bertz CT molecular complexity index is 432. The van der Waals surface area contributed by atoms with Gasteiger partial charge in [0.25, 0.3) is 0 Å². The van der Waals surface area contributed by atoms with E-state index in [0.29, 0.717) is 11.3 Å². The Kier molecular flexibility index (Phi) is 2.95. The number of nitrogens with two attached hydrogens (primary N) is 1. The lowest BCUT2D eigenvalue weighted by Gasteiger charge is -2.13. The molecule has 0 aliphatic heterocycles. The predicted octanol–water partition coefficient (Wildman–Crippen LogP) is 0.625. The summed E-state index contributed by atoms with van der Waals surface area (Å²) in [4.78, 5) is 3.67. The number of rotatable bonds is 3. The summed E-state index contributed by atoms with van der Waals surface area (Å²) in [5.41, 5.74) is 3.49. The normalized spacial score (nSPS) is 12.7. The molecule has 15 heavy (non-hydrogen) atoms. The lowest BCUT2D eigenvalue weighted by molar-refractivity contribution is 0.551. The van der Waals surface area contributed by atoms with Gasteiger partial charge in [-0.15, -0.1) is 0 Å². The summed E-state index contributed by atoms with van der Waals surface area (Å²) >= 11 is 1.05. The number of nitrogens with zero attached hydrogens (tertiary/aromatic N) is 3. The summed E-state index contributed by atoms with van der Waals surface area (Å²) in [7, 11) is 0. The van der Waals surface area contributed by atoms with Gasteiger partial charge in [0, 0.05) is 11.8 Å². The Morgan fingerprint density at radius 2 is 2.33 bits per heavy atom. The summed E-state index contributed by atoms with van der Waals surface area (Å²) in [6.45, 7) is 0. The molecule has 3 N–H and O–H groups in total. The SMILES string of the molecule is NNC(c1cnsn1)c1ccncc1F. The molecule has 2 aromatic heterocycles. The van der Waals surface area contributed by atoms with Gasteiger partial charge in [-0.1, -0.05) is 0 Å². The van der Waals surface area contributed by atoms with Crippen molar-refractivity contribution in [1.29, 1.82) is 0 Å². The first-order valence-corrected chi connectivity index (χ1v) is 4.89. The first-order valence-electron chi connectivity index (χ1n) is 4.16. The van der Waals surface area contributed by atoms with Crippen LogP contribution in [-0.4, -0.2) is 13.7 Å². The highest BCUT2D eigenvalue weighted by Gasteiger charge is 2.18. The van der Waals surface area contributed by atoms with Crippen molar-refractivity contribution in [2.75, 3.05) is 0 Å². The predicted molar refractivity (Wildman–Crippen MR) is 53.3 cm³/mol. The van der Waals surface area contributed by atoms with Gasteiger partial charge in [-0.25, -0.2) is 9.82 Å². The van der Waals surface area contributed by atoms with Crippen molar-refractivity contribution in [3.63, 3.8) is 0 Å². The van der Waals surface area contributed by atoms with Crippen LogP contribution in [0.2, 0.25) is 0 Å². The van der Waals surface area contributed by atoms with Gasteiger partial charge in [-0.2, -0.15) is 8.75 Å². The Morgan fingerprint density at radius 3 is 2.93 bits per heavy atom. The minimum Gasteiger partial charge on any atom is -0.271 e. The molecule has 1 atom stereocenters. The molecule has 7 heteroatoms. The zero-order valence-corrected chi connectivity index (χ0v) is 8.41. The second-order valence-corrected chi connectivity index (χ2v) is 3.39. The topological polar surface area (TPSA) is 76.7 Å². The van der Waals surface area contributed by atoms with Crippen LogP contribution < -0.4 is 11.3 Å². The molecule has 0 fully saturated rings. The van der Waals surface area contributed by atoms with Gasteiger partial charge in [0.2, 0.25) is 0 Å². The maximum atomic E-state index is 13.4. The average Bonchev–Trinajstić information content (AvgIpc) is 2.75. The number of hydrazine groups is 1. The van der Waals surface area contributed by atoms with Crippen LogP contribution in [0.1, 0.15) is 17.3 Å². The Morgan fingerprint density at radius 1 is 1.47 bits per heavy atom. The fraction of sp³-hybridized carbons (Fsp3) is 0.125. The lowest BCUT2D eigenvalue weighted by Crippen LogP contribution is -2.29.